The monoisotopic (exact) mass is 283 g/mol. The van der Waals surface area contributed by atoms with Crippen LogP contribution in [-0.4, -0.2) is 16.3 Å². The van der Waals surface area contributed by atoms with Crippen molar-refractivity contribution in [2.75, 3.05) is 6.54 Å². The van der Waals surface area contributed by atoms with Gasteiger partial charge in [0.05, 0.1) is 6.26 Å². The number of hydrogen-bond acceptors (Lipinski definition) is 3. The number of nitrogens with one attached hydrogen (secondary N) is 1. The summed E-state index contributed by atoms with van der Waals surface area (Å²) in [6.45, 7) is 3.08. The van der Waals surface area contributed by atoms with Gasteiger partial charge in [0.1, 0.15) is 5.58 Å². The standard InChI is InChI=1S/C17H21N3O/c1-3-18-16(9-8-13-10-11-19-20(13)2)15-12-21-17-7-5-4-6-14(15)17/h4-7,10-12,16,18H,3,8-9H2,1-2H3. The number of benzene rings is 1. The Morgan fingerprint density at radius 1 is 1.29 bits per heavy atom. The van der Waals surface area contributed by atoms with Crippen molar-refractivity contribution >= 4 is 11.0 Å². The topological polar surface area (TPSA) is 43.0 Å². The molecule has 0 spiro atoms. The maximum Gasteiger partial charge on any atom is 0.134 e. The Hall–Kier alpha value is -2.07. The smallest absolute Gasteiger partial charge is 0.134 e. The molecule has 3 rings (SSSR count). The minimum absolute atomic E-state index is 0.300. The van der Waals surface area contributed by atoms with Gasteiger partial charge in [-0.05, 0) is 31.5 Å². The van der Waals surface area contributed by atoms with Gasteiger partial charge in [-0.1, -0.05) is 25.1 Å². The molecule has 0 fully saturated rings. The Morgan fingerprint density at radius 3 is 2.90 bits per heavy atom. The van der Waals surface area contributed by atoms with E-state index in [2.05, 4.69) is 35.5 Å². The van der Waals surface area contributed by atoms with Gasteiger partial charge in [-0.2, -0.15) is 5.10 Å². The average Bonchev–Trinajstić information content (AvgIpc) is 3.10. The van der Waals surface area contributed by atoms with E-state index in [4.69, 9.17) is 4.42 Å². The SMILES string of the molecule is CCNC(CCc1ccnn1C)c1coc2ccccc12. The first kappa shape index (κ1) is 13.9. The van der Waals surface area contributed by atoms with Crippen LogP contribution in [0.25, 0.3) is 11.0 Å². The van der Waals surface area contributed by atoms with Gasteiger partial charge >= 0.3 is 0 Å². The fourth-order valence-corrected chi connectivity index (χ4v) is 2.82. The summed E-state index contributed by atoms with van der Waals surface area (Å²) in [4.78, 5) is 0. The molecule has 0 amide bonds. The van der Waals surface area contributed by atoms with Crippen LogP contribution in [-0.2, 0) is 13.5 Å². The van der Waals surface area contributed by atoms with E-state index in [9.17, 15) is 0 Å². The predicted octanol–water partition coefficient (Wildman–Crippen LogP) is 3.45. The number of rotatable bonds is 6. The first-order valence-electron chi connectivity index (χ1n) is 7.46. The second-order valence-electron chi connectivity index (χ2n) is 5.28. The number of aromatic nitrogens is 2. The van der Waals surface area contributed by atoms with Gasteiger partial charge in [0.25, 0.3) is 0 Å². The Bertz CT molecular complexity index is 713. The highest BCUT2D eigenvalue weighted by molar-refractivity contribution is 5.81. The molecule has 4 heteroatoms. The highest BCUT2D eigenvalue weighted by atomic mass is 16.3. The predicted molar refractivity (Wildman–Crippen MR) is 84.2 cm³/mol. The van der Waals surface area contributed by atoms with Crippen molar-refractivity contribution in [1.82, 2.24) is 15.1 Å². The molecule has 1 N–H and O–H groups in total. The second-order valence-corrected chi connectivity index (χ2v) is 5.28. The Labute approximate surface area is 124 Å². The van der Waals surface area contributed by atoms with Gasteiger partial charge < -0.3 is 9.73 Å². The van der Waals surface area contributed by atoms with Crippen LogP contribution < -0.4 is 5.32 Å². The number of furan rings is 1. The molecule has 110 valence electrons. The highest BCUT2D eigenvalue weighted by Gasteiger charge is 2.16. The van der Waals surface area contributed by atoms with Crippen LogP contribution in [0, 0.1) is 0 Å². The fourth-order valence-electron chi connectivity index (χ4n) is 2.82. The van der Waals surface area contributed by atoms with E-state index < -0.39 is 0 Å². The minimum Gasteiger partial charge on any atom is -0.464 e. The van der Waals surface area contributed by atoms with Crippen molar-refractivity contribution in [2.24, 2.45) is 7.05 Å². The van der Waals surface area contributed by atoms with Crippen molar-refractivity contribution in [2.45, 2.75) is 25.8 Å². The lowest BCUT2D eigenvalue weighted by molar-refractivity contribution is 0.499. The quantitative estimate of drug-likeness (QED) is 0.753. The van der Waals surface area contributed by atoms with Gasteiger partial charge in [0, 0.05) is 35.9 Å². The second kappa shape index (κ2) is 6.14. The summed E-state index contributed by atoms with van der Waals surface area (Å²) in [5.41, 5.74) is 3.45. The third-order valence-electron chi connectivity index (χ3n) is 3.95. The van der Waals surface area contributed by atoms with Crippen molar-refractivity contribution in [3.05, 3.63) is 54.0 Å². The van der Waals surface area contributed by atoms with Crippen LogP contribution >= 0.6 is 0 Å². The molecule has 2 aromatic heterocycles. The summed E-state index contributed by atoms with van der Waals surface area (Å²) in [5.74, 6) is 0. The summed E-state index contributed by atoms with van der Waals surface area (Å²) < 4.78 is 7.62. The van der Waals surface area contributed by atoms with Gasteiger partial charge in [-0.15, -0.1) is 0 Å². The summed E-state index contributed by atoms with van der Waals surface area (Å²) in [6.07, 6.45) is 5.76. The number of fused-ring (bicyclic) bond motifs is 1. The molecule has 1 atom stereocenters. The summed E-state index contributed by atoms with van der Waals surface area (Å²) in [6, 6.07) is 10.6. The number of nitrogens with zero attached hydrogens (tertiary/aromatic N) is 2. The van der Waals surface area contributed by atoms with Crippen molar-refractivity contribution in [3.63, 3.8) is 0 Å². The van der Waals surface area contributed by atoms with Crippen LogP contribution in [0.15, 0.2) is 47.2 Å². The number of hydrogen-bond donors (Lipinski definition) is 1. The van der Waals surface area contributed by atoms with Crippen LogP contribution in [0.4, 0.5) is 0 Å². The van der Waals surface area contributed by atoms with Gasteiger partial charge in [-0.25, -0.2) is 0 Å². The zero-order valence-electron chi connectivity index (χ0n) is 12.5. The van der Waals surface area contributed by atoms with E-state index in [1.807, 2.05) is 36.3 Å². The van der Waals surface area contributed by atoms with E-state index in [0.717, 1.165) is 25.0 Å². The fraction of sp³-hybridized carbons (Fsp3) is 0.353. The van der Waals surface area contributed by atoms with Crippen LogP contribution in [0.5, 0.6) is 0 Å². The first-order valence-corrected chi connectivity index (χ1v) is 7.46. The number of para-hydroxylation sites is 1. The average molecular weight is 283 g/mol. The molecule has 0 bridgehead atoms. The molecule has 3 aromatic rings. The highest BCUT2D eigenvalue weighted by Crippen LogP contribution is 2.28. The molecule has 0 aliphatic heterocycles. The molecule has 0 saturated carbocycles. The zero-order valence-corrected chi connectivity index (χ0v) is 12.5. The van der Waals surface area contributed by atoms with Crippen LogP contribution in [0.3, 0.4) is 0 Å². The van der Waals surface area contributed by atoms with E-state index in [1.54, 1.807) is 0 Å². The molecule has 4 nitrogen and oxygen atoms in total. The number of aryl methyl sites for hydroxylation is 2. The molecule has 21 heavy (non-hydrogen) atoms. The third-order valence-corrected chi connectivity index (χ3v) is 3.95. The lowest BCUT2D eigenvalue weighted by atomic mass is 10.00. The molecule has 1 unspecified atom stereocenters. The van der Waals surface area contributed by atoms with Crippen molar-refractivity contribution in [1.29, 1.82) is 0 Å². The first-order chi connectivity index (χ1) is 10.3. The lowest BCUT2D eigenvalue weighted by Gasteiger charge is -2.17. The van der Waals surface area contributed by atoms with E-state index in [0.29, 0.717) is 6.04 Å². The largest absolute Gasteiger partial charge is 0.464 e. The normalized spacial score (nSPS) is 12.9. The van der Waals surface area contributed by atoms with Crippen molar-refractivity contribution in [3.8, 4) is 0 Å². The van der Waals surface area contributed by atoms with Gasteiger partial charge in [-0.3, -0.25) is 4.68 Å². The van der Waals surface area contributed by atoms with E-state index in [1.165, 1.54) is 16.6 Å². The molecular weight excluding hydrogens is 262 g/mol. The van der Waals surface area contributed by atoms with Crippen molar-refractivity contribution < 1.29 is 4.42 Å². The summed E-state index contributed by atoms with van der Waals surface area (Å²) >= 11 is 0. The van der Waals surface area contributed by atoms with E-state index >= 15 is 0 Å². The lowest BCUT2D eigenvalue weighted by Crippen LogP contribution is -2.21. The molecule has 0 aliphatic rings. The molecule has 2 heterocycles. The van der Waals surface area contributed by atoms with Crippen LogP contribution in [0.2, 0.25) is 0 Å². The molecular formula is C17H21N3O. The summed E-state index contributed by atoms with van der Waals surface area (Å²) in [5, 5.41) is 9.00. The Morgan fingerprint density at radius 2 is 2.14 bits per heavy atom. The maximum absolute atomic E-state index is 5.68. The van der Waals surface area contributed by atoms with E-state index in [-0.39, 0.29) is 0 Å². The molecule has 0 radical (unpaired) electrons. The Balaban J connectivity index is 1.82. The summed E-state index contributed by atoms with van der Waals surface area (Å²) in [7, 11) is 1.99. The minimum atomic E-state index is 0.300. The maximum atomic E-state index is 5.68. The van der Waals surface area contributed by atoms with Crippen LogP contribution in [0.1, 0.15) is 30.6 Å². The van der Waals surface area contributed by atoms with Gasteiger partial charge in [0.2, 0.25) is 0 Å². The zero-order chi connectivity index (χ0) is 14.7. The van der Waals surface area contributed by atoms with Gasteiger partial charge in [0.15, 0.2) is 0 Å². The molecule has 0 saturated heterocycles. The third kappa shape index (κ3) is 2.85. The Kier molecular flexibility index (Phi) is 4.06. The molecule has 0 aliphatic carbocycles. The molecule has 1 aromatic carbocycles.